The van der Waals surface area contributed by atoms with Gasteiger partial charge in [0.1, 0.15) is 6.10 Å². The predicted molar refractivity (Wildman–Crippen MR) is 95.6 cm³/mol. The number of hydrogen-bond donors (Lipinski definition) is 0. The Bertz CT molecular complexity index is 764. The molecule has 0 spiro atoms. The van der Waals surface area contributed by atoms with Crippen molar-refractivity contribution in [1.29, 1.82) is 0 Å². The third-order valence-electron chi connectivity index (χ3n) is 3.61. The minimum absolute atomic E-state index is 0.694. The minimum Gasteiger partial charge on any atom is -0.456 e. The fourth-order valence-electron chi connectivity index (χ4n) is 2.51. The van der Waals surface area contributed by atoms with Crippen LogP contribution in [0.15, 0.2) is 0 Å². The summed E-state index contributed by atoms with van der Waals surface area (Å²) >= 11 is 0. The molecular weight excluding hydrogens is 430 g/mol. The van der Waals surface area contributed by atoms with Gasteiger partial charge in [-0.2, -0.15) is 12.7 Å². The molecule has 0 radical (unpaired) electrons. The van der Waals surface area contributed by atoms with Gasteiger partial charge in [0.05, 0.1) is 6.61 Å². The van der Waals surface area contributed by atoms with Gasteiger partial charge in [-0.1, -0.05) is 0 Å². The molecule has 0 aliphatic carbocycles. The van der Waals surface area contributed by atoms with E-state index in [9.17, 15) is 27.6 Å². The van der Waals surface area contributed by atoms with Crippen molar-refractivity contribution in [1.82, 2.24) is 4.31 Å². The number of esters is 4. The monoisotopic (exact) mass is 455 g/mol. The molecule has 0 aromatic carbocycles. The fourth-order valence-corrected chi connectivity index (χ4v) is 3.02. The lowest BCUT2D eigenvalue weighted by Gasteiger charge is -2.43. The summed E-state index contributed by atoms with van der Waals surface area (Å²) < 4.78 is 55.4. The van der Waals surface area contributed by atoms with Gasteiger partial charge in [-0.3, -0.25) is 23.4 Å². The zero-order chi connectivity index (χ0) is 23.2. The molecule has 1 heterocycles. The maximum atomic E-state index is 11.9. The van der Waals surface area contributed by atoms with E-state index >= 15 is 0 Å². The molecule has 1 aliphatic rings. The highest BCUT2D eigenvalue weighted by Crippen LogP contribution is 2.30. The molecule has 0 bridgehead atoms. The Morgan fingerprint density at radius 3 is 1.63 bits per heavy atom. The molecule has 0 aromatic heterocycles. The zero-order valence-electron chi connectivity index (χ0n) is 17.3. The van der Waals surface area contributed by atoms with Crippen LogP contribution in [-0.4, -0.2) is 88.0 Å². The van der Waals surface area contributed by atoms with E-state index < -0.39 is 71.5 Å². The van der Waals surface area contributed by atoms with Crippen LogP contribution >= 0.6 is 0 Å². The van der Waals surface area contributed by atoms with Gasteiger partial charge in [0.2, 0.25) is 12.4 Å². The first-order valence-electron chi connectivity index (χ1n) is 8.65. The lowest BCUT2D eigenvalue weighted by molar-refractivity contribution is -0.298. The second-order valence-corrected chi connectivity index (χ2v) is 8.22. The van der Waals surface area contributed by atoms with Crippen molar-refractivity contribution >= 4 is 34.2 Å². The maximum Gasteiger partial charge on any atom is 0.337 e. The lowest BCUT2D eigenvalue weighted by atomic mass is 9.98. The minimum atomic E-state index is -4.15. The van der Waals surface area contributed by atoms with Crippen molar-refractivity contribution in [3.63, 3.8) is 0 Å². The SMILES string of the molecule is CC(=O)O[C@H]1O[C@H](COS(=O)(=O)N(C)C)[C@H](OC(C)=O)[C@H](OC(C)=O)[C@H]1OC(C)=O. The van der Waals surface area contributed by atoms with Crippen molar-refractivity contribution in [3.05, 3.63) is 0 Å². The van der Waals surface area contributed by atoms with Crippen molar-refractivity contribution in [2.24, 2.45) is 0 Å². The van der Waals surface area contributed by atoms with Gasteiger partial charge in [-0.15, -0.1) is 0 Å². The molecule has 0 unspecified atom stereocenters. The molecule has 14 heteroatoms. The largest absolute Gasteiger partial charge is 0.456 e. The Balaban J connectivity index is 3.35. The van der Waals surface area contributed by atoms with Gasteiger partial charge in [0.25, 0.3) is 0 Å². The summed E-state index contributed by atoms with van der Waals surface area (Å²) in [5.74, 6) is -3.32. The van der Waals surface area contributed by atoms with E-state index in [1.54, 1.807) is 0 Å². The van der Waals surface area contributed by atoms with Gasteiger partial charge < -0.3 is 23.7 Å². The summed E-state index contributed by atoms with van der Waals surface area (Å²) in [6.45, 7) is 3.51. The van der Waals surface area contributed by atoms with Crippen molar-refractivity contribution in [2.75, 3.05) is 20.7 Å². The third-order valence-corrected chi connectivity index (χ3v) is 4.94. The average molecular weight is 455 g/mol. The Hall–Kier alpha value is -2.29. The Morgan fingerprint density at radius 2 is 1.20 bits per heavy atom. The molecule has 1 fully saturated rings. The molecule has 13 nitrogen and oxygen atoms in total. The summed E-state index contributed by atoms with van der Waals surface area (Å²) in [7, 11) is -1.71. The smallest absolute Gasteiger partial charge is 0.337 e. The van der Waals surface area contributed by atoms with E-state index in [4.69, 9.17) is 27.9 Å². The van der Waals surface area contributed by atoms with E-state index in [2.05, 4.69) is 0 Å². The summed E-state index contributed by atoms with van der Waals surface area (Å²) in [6, 6.07) is 0. The molecule has 0 aromatic rings. The van der Waals surface area contributed by atoms with E-state index in [1.165, 1.54) is 14.1 Å². The molecule has 0 amide bonds. The molecule has 30 heavy (non-hydrogen) atoms. The first-order valence-corrected chi connectivity index (χ1v) is 10.0. The third kappa shape index (κ3) is 7.51. The predicted octanol–water partition coefficient (Wildman–Crippen LogP) is -1.11. The molecule has 0 N–H and O–H groups in total. The van der Waals surface area contributed by atoms with Crippen LogP contribution in [0.25, 0.3) is 0 Å². The normalized spacial score (nSPS) is 26.6. The Labute approximate surface area is 173 Å². The molecular formula is C16H25NO12S. The van der Waals surface area contributed by atoms with Gasteiger partial charge in [0.15, 0.2) is 12.2 Å². The highest BCUT2D eigenvalue weighted by atomic mass is 32.2. The fraction of sp³-hybridized carbons (Fsp3) is 0.750. The van der Waals surface area contributed by atoms with Crippen molar-refractivity contribution in [2.45, 2.75) is 58.4 Å². The number of hydrogen-bond acceptors (Lipinski definition) is 12. The summed E-state index contributed by atoms with van der Waals surface area (Å²) in [4.78, 5) is 46.3. The van der Waals surface area contributed by atoms with Gasteiger partial charge in [-0.05, 0) is 0 Å². The lowest BCUT2D eigenvalue weighted by Crippen LogP contribution is -2.63. The number of carbonyl (C=O) groups is 4. The maximum absolute atomic E-state index is 11.9. The highest BCUT2D eigenvalue weighted by Gasteiger charge is 2.53. The zero-order valence-corrected chi connectivity index (χ0v) is 18.2. The van der Waals surface area contributed by atoms with E-state index in [-0.39, 0.29) is 0 Å². The number of ether oxygens (including phenoxy) is 5. The van der Waals surface area contributed by atoms with Crippen LogP contribution in [0, 0.1) is 0 Å². The summed E-state index contributed by atoms with van der Waals surface area (Å²) in [5.41, 5.74) is 0. The van der Waals surface area contributed by atoms with Crippen LogP contribution in [-0.2, 0) is 57.3 Å². The average Bonchev–Trinajstić information content (AvgIpc) is 2.56. The number of carbonyl (C=O) groups excluding carboxylic acids is 4. The van der Waals surface area contributed by atoms with Gasteiger partial charge in [-0.25, -0.2) is 0 Å². The first-order chi connectivity index (χ1) is 13.7. The van der Waals surface area contributed by atoms with Crippen LogP contribution in [0.5, 0.6) is 0 Å². The van der Waals surface area contributed by atoms with Crippen LogP contribution in [0.2, 0.25) is 0 Å². The van der Waals surface area contributed by atoms with Gasteiger partial charge in [0, 0.05) is 41.8 Å². The molecule has 172 valence electrons. The van der Waals surface area contributed by atoms with Gasteiger partial charge >= 0.3 is 34.2 Å². The van der Waals surface area contributed by atoms with Crippen molar-refractivity contribution < 1.29 is 55.5 Å². The number of rotatable bonds is 8. The van der Waals surface area contributed by atoms with Crippen molar-refractivity contribution in [3.8, 4) is 0 Å². The van der Waals surface area contributed by atoms with E-state index in [0.29, 0.717) is 0 Å². The standard InChI is InChI=1S/C16H25NO12S/c1-8(18)25-13-12(7-24-30(22,23)17(5)6)29-16(28-11(4)21)15(27-10(3)20)14(13)26-9(2)19/h12-16H,7H2,1-6H3/t12-,13+,14+,15-,16+/m1/s1. The van der Waals surface area contributed by atoms with Crippen LogP contribution in [0.3, 0.4) is 0 Å². The Morgan fingerprint density at radius 1 is 0.767 bits per heavy atom. The van der Waals surface area contributed by atoms with Crippen LogP contribution in [0.1, 0.15) is 27.7 Å². The molecule has 0 saturated carbocycles. The molecule has 1 rings (SSSR count). The van der Waals surface area contributed by atoms with E-state index in [0.717, 1.165) is 32.0 Å². The topological polar surface area (TPSA) is 161 Å². The molecule has 1 aliphatic heterocycles. The second kappa shape index (κ2) is 10.7. The quantitative estimate of drug-likeness (QED) is 0.321. The second-order valence-electron chi connectivity index (χ2n) is 6.40. The molecule has 5 atom stereocenters. The molecule has 1 saturated heterocycles. The highest BCUT2D eigenvalue weighted by molar-refractivity contribution is 7.84. The van der Waals surface area contributed by atoms with Crippen LogP contribution < -0.4 is 0 Å². The number of nitrogens with zero attached hydrogens (tertiary/aromatic N) is 1. The summed E-state index contributed by atoms with van der Waals surface area (Å²) in [5, 5.41) is 0. The Kier molecular flexibility index (Phi) is 9.14. The van der Waals surface area contributed by atoms with Crippen LogP contribution in [0.4, 0.5) is 0 Å². The van der Waals surface area contributed by atoms with E-state index in [1.807, 2.05) is 0 Å². The first kappa shape index (κ1) is 25.7. The summed E-state index contributed by atoms with van der Waals surface area (Å²) in [6.07, 6.45) is -7.40.